The number of rotatable bonds is 5. The molecule has 0 unspecified atom stereocenters. The maximum atomic E-state index is 12.6. The van der Waals surface area contributed by atoms with Gasteiger partial charge in [0.2, 0.25) is 0 Å². The number of hydrogen-bond acceptors (Lipinski definition) is 10. The van der Waals surface area contributed by atoms with Crippen LogP contribution in [0.1, 0.15) is 86.0 Å². The number of fused-ring (bicyclic) bond motifs is 5. The highest BCUT2D eigenvalue weighted by Crippen LogP contribution is 2.68. The van der Waals surface area contributed by atoms with Gasteiger partial charge in [0.1, 0.15) is 36.1 Å². The number of esters is 1. The van der Waals surface area contributed by atoms with Gasteiger partial charge in [0, 0.05) is 23.8 Å². The van der Waals surface area contributed by atoms with Gasteiger partial charge < -0.3 is 44.8 Å². The Hall–Kier alpha value is -1.37. The van der Waals surface area contributed by atoms with Crippen molar-refractivity contribution in [2.45, 2.75) is 141 Å². The summed E-state index contributed by atoms with van der Waals surface area (Å²) in [5.74, 6) is 0.669. The van der Waals surface area contributed by atoms with Gasteiger partial charge in [-0.05, 0) is 88.4 Å². The van der Waals surface area contributed by atoms with Crippen molar-refractivity contribution in [2.75, 3.05) is 6.61 Å². The molecule has 0 bridgehead atoms. The van der Waals surface area contributed by atoms with Crippen molar-refractivity contribution in [3.63, 3.8) is 0 Å². The minimum absolute atomic E-state index is 0.00395. The molecule has 4 fully saturated rings. The predicted molar refractivity (Wildman–Crippen MR) is 159 cm³/mol. The molecule has 6 aliphatic rings. The van der Waals surface area contributed by atoms with Gasteiger partial charge >= 0.3 is 5.97 Å². The summed E-state index contributed by atoms with van der Waals surface area (Å²) in [6, 6.07) is 0. The zero-order valence-corrected chi connectivity index (χ0v) is 26.7. The fraction of sp³-hybridized carbons (Fsp3) is 0.853. The molecule has 3 saturated carbocycles. The molecule has 0 radical (unpaired) electrons. The molecule has 2 aliphatic heterocycles. The second-order valence-electron chi connectivity index (χ2n) is 15.4. The summed E-state index contributed by atoms with van der Waals surface area (Å²) in [6.07, 6.45) is -0.110. The molecule has 4 aliphatic carbocycles. The van der Waals surface area contributed by atoms with Gasteiger partial charge in [-0.3, -0.25) is 0 Å². The van der Waals surface area contributed by atoms with Crippen LogP contribution >= 0.6 is 0 Å². The number of cyclic esters (lactones) is 1. The summed E-state index contributed by atoms with van der Waals surface area (Å²) in [5, 5.41) is 64.2. The van der Waals surface area contributed by atoms with Crippen LogP contribution in [0.5, 0.6) is 0 Å². The van der Waals surface area contributed by atoms with E-state index in [-0.39, 0.29) is 23.2 Å². The highest BCUT2D eigenvalue weighted by molar-refractivity contribution is 5.89. The minimum Gasteiger partial charge on any atom is -0.456 e. The summed E-state index contributed by atoms with van der Waals surface area (Å²) in [7, 11) is 0. The van der Waals surface area contributed by atoms with E-state index in [1.54, 1.807) is 6.92 Å². The van der Waals surface area contributed by atoms with Crippen LogP contribution in [-0.4, -0.2) is 97.8 Å². The molecule has 0 aromatic rings. The summed E-state index contributed by atoms with van der Waals surface area (Å²) >= 11 is 0. The van der Waals surface area contributed by atoms with E-state index in [2.05, 4.69) is 19.9 Å². The third-order valence-electron chi connectivity index (χ3n) is 13.4. The smallest absolute Gasteiger partial charge is 0.334 e. The Kier molecular flexibility index (Phi) is 8.44. The lowest BCUT2D eigenvalue weighted by Gasteiger charge is -2.60. The highest BCUT2D eigenvalue weighted by Gasteiger charge is 2.64. The van der Waals surface area contributed by atoms with E-state index in [4.69, 9.17) is 14.2 Å². The molecule has 6 N–H and O–H groups in total. The van der Waals surface area contributed by atoms with Gasteiger partial charge in [0.15, 0.2) is 6.29 Å². The molecule has 15 atom stereocenters. The van der Waals surface area contributed by atoms with Crippen molar-refractivity contribution in [3.05, 3.63) is 22.8 Å². The standard InChI is InChI=1S/C34H52O10/c1-16-12-26(44-30(40)17(16)2)34(5,41)24-9-8-21-20-7-6-18-13-19(42-31-29(39)28(38)27(37)23(15-35)43-31)14-25(36)33(18,4)22(20)10-11-32(21,24)3/h6,19-29,31,35-39,41H,7-15H2,1-5H3/t19-,20+,21+,22+,23-,24+,25+,26-,27-,28+,29-,31-,32+,33+,34-/m1/s1. The Morgan fingerprint density at radius 1 is 1.02 bits per heavy atom. The fourth-order valence-electron chi connectivity index (χ4n) is 10.5. The topological polar surface area (TPSA) is 166 Å². The van der Waals surface area contributed by atoms with Crippen LogP contribution in [0.25, 0.3) is 0 Å². The Morgan fingerprint density at radius 3 is 2.43 bits per heavy atom. The number of carbonyl (C=O) groups is 1. The number of aliphatic hydroxyl groups excluding tert-OH is 5. The summed E-state index contributed by atoms with van der Waals surface area (Å²) in [5.41, 5.74) is 1.07. The maximum Gasteiger partial charge on any atom is 0.334 e. The number of allylic oxidation sites excluding steroid dienone is 1. The van der Waals surface area contributed by atoms with Crippen LogP contribution in [0, 0.1) is 34.5 Å². The van der Waals surface area contributed by atoms with Gasteiger partial charge in [-0.25, -0.2) is 4.79 Å². The van der Waals surface area contributed by atoms with Crippen molar-refractivity contribution in [3.8, 4) is 0 Å². The number of carbonyl (C=O) groups excluding carboxylic acids is 1. The zero-order chi connectivity index (χ0) is 31.9. The zero-order valence-electron chi connectivity index (χ0n) is 26.7. The van der Waals surface area contributed by atoms with Gasteiger partial charge in [0.05, 0.1) is 18.8 Å². The molecule has 0 spiro atoms. The van der Waals surface area contributed by atoms with Crippen molar-refractivity contribution in [1.82, 2.24) is 0 Å². The number of aliphatic hydroxyl groups is 6. The van der Waals surface area contributed by atoms with Crippen molar-refractivity contribution in [1.29, 1.82) is 0 Å². The normalized spacial score (nSPS) is 50.6. The highest BCUT2D eigenvalue weighted by atomic mass is 16.7. The number of hydrogen-bond donors (Lipinski definition) is 6. The molecular weight excluding hydrogens is 568 g/mol. The first kappa shape index (κ1) is 32.6. The average Bonchev–Trinajstić information content (AvgIpc) is 3.34. The molecule has 2 heterocycles. The van der Waals surface area contributed by atoms with Gasteiger partial charge in [-0.2, -0.15) is 0 Å². The minimum atomic E-state index is -1.51. The second kappa shape index (κ2) is 11.4. The van der Waals surface area contributed by atoms with Crippen LogP contribution in [0.2, 0.25) is 0 Å². The van der Waals surface area contributed by atoms with Crippen LogP contribution in [0.3, 0.4) is 0 Å². The molecule has 6 rings (SSSR count). The lowest BCUT2D eigenvalue weighted by Crippen LogP contribution is -2.61. The lowest BCUT2D eigenvalue weighted by molar-refractivity contribution is -0.315. The SMILES string of the molecule is CC1=C(C)C(=O)O[C@@H]([C@](C)(O)[C@H]2CC[C@H]3[C@@H]4CC=C5C[C@@H](O[C@@H]6O[C@H](CO)[C@@H](O)[C@H](O)[C@H]6O)C[C@H](O)[C@]5(C)[C@H]4CC[C@]23C)C1. The summed E-state index contributed by atoms with van der Waals surface area (Å²) in [4.78, 5) is 12.6. The van der Waals surface area contributed by atoms with Crippen molar-refractivity contribution in [2.24, 2.45) is 34.5 Å². The van der Waals surface area contributed by atoms with E-state index in [1.165, 1.54) is 0 Å². The fourth-order valence-corrected chi connectivity index (χ4v) is 10.5. The Morgan fingerprint density at radius 2 is 1.75 bits per heavy atom. The van der Waals surface area contributed by atoms with Crippen LogP contribution in [-0.2, 0) is 19.0 Å². The summed E-state index contributed by atoms with van der Waals surface area (Å²) in [6.45, 7) is 9.57. The third-order valence-corrected chi connectivity index (χ3v) is 13.4. The third kappa shape index (κ3) is 4.86. The van der Waals surface area contributed by atoms with Gasteiger partial charge in [-0.1, -0.05) is 31.1 Å². The van der Waals surface area contributed by atoms with E-state index >= 15 is 0 Å². The van der Waals surface area contributed by atoms with Crippen molar-refractivity contribution < 1.29 is 49.6 Å². The van der Waals surface area contributed by atoms with E-state index < -0.39 is 66.6 Å². The quantitative estimate of drug-likeness (QED) is 0.198. The number of ether oxygens (including phenoxy) is 3. The molecule has 1 saturated heterocycles. The Labute approximate surface area is 260 Å². The van der Waals surface area contributed by atoms with E-state index in [0.29, 0.717) is 36.7 Å². The lowest BCUT2D eigenvalue weighted by atomic mass is 9.46. The second-order valence-corrected chi connectivity index (χ2v) is 15.4. The molecule has 44 heavy (non-hydrogen) atoms. The molecule has 10 heteroatoms. The first-order valence-electron chi connectivity index (χ1n) is 16.6. The van der Waals surface area contributed by atoms with E-state index in [0.717, 1.165) is 43.3 Å². The molecule has 248 valence electrons. The largest absolute Gasteiger partial charge is 0.456 e. The van der Waals surface area contributed by atoms with Crippen LogP contribution in [0.4, 0.5) is 0 Å². The molecule has 10 nitrogen and oxygen atoms in total. The van der Waals surface area contributed by atoms with Crippen LogP contribution < -0.4 is 0 Å². The molecule has 0 amide bonds. The maximum absolute atomic E-state index is 12.6. The first-order valence-corrected chi connectivity index (χ1v) is 16.6. The van der Waals surface area contributed by atoms with E-state index in [9.17, 15) is 35.4 Å². The predicted octanol–water partition coefficient (Wildman–Crippen LogP) is 2.12. The monoisotopic (exact) mass is 620 g/mol. The van der Waals surface area contributed by atoms with Gasteiger partial charge in [-0.15, -0.1) is 0 Å². The Balaban J connectivity index is 1.19. The molecular formula is C34H52O10. The molecule has 0 aromatic heterocycles. The van der Waals surface area contributed by atoms with Gasteiger partial charge in [0.25, 0.3) is 0 Å². The van der Waals surface area contributed by atoms with Crippen LogP contribution in [0.15, 0.2) is 22.8 Å². The first-order chi connectivity index (χ1) is 20.6. The van der Waals surface area contributed by atoms with Crippen molar-refractivity contribution >= 4 is 5.97 Å². The average molecular weight is 621 g/mol. The molecule has 0 aromatic carbocycles. The summed E-state index contributed by atoms with van der Waals surface area (Å²) < 4.78 is 17.5. The van der Waals surface area contributed by atoms with E-state index in [1.807, 2.05) is 13.8 Å². The Bertz CT molecular complexity index is 1190.